The lowest BCUT2D eigenvalue weighted by atomic mass is 9.43. The van der Waals surface area contributed by atoms with Crippen LogP contribution in [0.2, 0.25) is 0 Å². The van der Waals surface area contributed by atoms with Gasteiger partial charge in [0.05, 0.1) is 18.6 Å². The molecule has 0 heterocycles. The van der Waals surface area contributed by atoms with Crippen LogP contribution in [0.4, 0.5) is 0 Å². The Hall–Kier alpha value is -1.14. The molecule has 0 radical (unpaired) electrons. The van der Waals surface area contributed by atoms with E-state index in [0.29, 0.717) is 41.9 Å². The van der Waals surface area contributed by atoms with Gasteiger partial charge in [-0.1, -0.05) is 20.8 Å². The van der Waals surface area contributed by atoms with Crippen molar-refractivity contribution in [2.45, 2.75) is 104 Å². The van der Waals surface area contributed by atoms with E-state index in [-0.39, 0.29) is 41.9 Å². The van der Waals surface area contributed by atoms with Crippen molar-refractivity contribution >= 4 is 11.9 Å². The Morgan fingerprint density at radius 2 is 1.65 bits per heavy atom. The molecule has 6 heteroatoms. The van der Waals surface area contributed by atoms with Gasteiger partial charge in [-0.05, 0) is 104 Å². The summed E-state index contributed by atoms with van der Waals surface area (Å²) >= 11 is 0. The number of carboxylic acids is 1. The second-order valence-corrected chi connectivity index (χ2v) is 12.9. The first kappa shape index (κ1) is 25.9. The average Bonchev–Trinajstić information content (AvgIpc) is 3.14. The first-order valence-electron chi connectivity index (χ1n) is 13.8. The summed E-state index contributed by atoms with van der Waals surface area (Å²) in [6.45, 7) is 7.49. The van der Waals surface area contributed by atoms with Crippen LogP contribution in [-0.2, 0) is 9.59 Å². The van der Waals surface area contributed by atoms with Crippen LogP contribution >= 0.6 is 0 Å². The summed E-state index contributed by atoms with van der Waals surface area (Å²) in [5.74, 6) is 2.10. The monoisotopic (exact) mass is 477 g/mol. The van der Waals surface area contributed by atoms with Gasteiger partial charge in [-0.3, -0.25) is 9.59 Å². The molecular formula is C28H47NO5. The van der Waals surface area contributed by atoms with Crippen LogP contribution in [0.15, 0.2) is 0 Å². The lowest BCUT2D eigenvalue weighted by Gasteiger charge is -2.62. The summed E-state index contributed by atoms with van der Waals surface area (Å²) in [6, 6.07) is 0. The number of rotatable bonds is 7. The Morgan fingerprint density at radius 1 is 0.971 bits per heavy atom. The van der Waals surface area contributed by atoms with Gasteiger partial charge in [-0.2, -0.15) is 0 Å². The molecule has 4 saturated carbocycles. The van der Waals surface area contributed by atoms with Gasteiger partial charge in [0, 0.05) is 20.0 Å². The molecular weight excluding hydrogens is 430 g/mol. The van der Waals surface area contributed by atoms with Gasteiger partial charge in [-0.25, -0.2) is 0 Å². The Morgan fingerprint density at radius 3 is 2.35 bits per heavy atom. The van der Waals surface area contributed by atoms with Gasteiger partial charge < -0.3 is 20.2 Å². The highest BCUT2D eigenvalue weighted by molar-refractivity contribution is 5.76. The van der Waals surface area contributed by atoms with Crippen LogP contribution in [0.25, 0.3) is 0 Å². The van der Waals surface area contributed by atoms with E-state index in [1.807, 2.05) is 0 Å². The van der Waals surface area contributed by atoms with Crippen LogP contribution < -0.4 is 0 Å². The summed E-state index contributed by atoms with van der Waals surface area (Å²) in [4.78, 5) is 24.9. The van der Waals surface area contributed by atoms with Crippen molar-refractivity contribution in [2.75, 3.05) is 13.6 Å². The Bertz CT molecular complexity index is 772. The molecule has 1 amide bonds. The second kappa shape index (κ2) is 9.72. The van der Waals surface area contributed by atoms with Crippen LogP contribution in [0, 0.1) is 46.3 Å². The molecule has 10 unspecified atom stereocenters. The molecule has 34 heavy (non-hydrogen) atoms. The number of aliphatic hydroxyl groups excluding tert-OH is 2. The molecule has 6 nitrogen and oxygen atoms in total. The molecule has 0 bridgehead atoms. The third-order valence-electron chi connectivity index (χ3n) is 11.3. The van der Waals surface area contributed by atoms with Crippen LogP contribution in [-0.4, -0.2) is 57.9 Å². The number of amides is 1. The van der Waals surface area contributed by atoms with E-state index >= 15 is 0 Å². The summed E-state index contributed by atoms with van der Waals surface area (Å²) in [6.07, 6.45) is 9.31. The number of carboxylic acid groups (broad SMARTS) is 1. The van der Waals surface area contributed by atoms with Crippen molar-refractivity contribution in [1.82, 2.24) is 4.90 Å². The van der Waals surface area contributed by atoms with Crippen molar-refractivity contribution in [2.24, 2.45) is 46.3 Å². The van der Waals surface area contributed by atoms with Crippen LogP contribution in [0.3, 0.4) is 0 Å². The number of aliphatic hydroxyl groups is 2. The molecule has 0 aromatic rings. The van der Waals surface area contributed by atoms with E-state index in [1.165, 1.54) is 25.7 Å². The Balaban J connectivity index is 1.41. The highest BCUT2D eigenvalue weighted by Crippen LogP contribution is 2.68. The summed E-state index contributed by atoms with van der Waals surface area (Å²) < 4.78 is 0. The number of carbonyl (C=O) groups is 2. The Labute approximate surface area is 205 Å². The molecule has 0 aromatic heterocycles. The molecule has 4 rings (SSSR count). The van der Waals surface area contributed by atoms with Crippen LogP contribution in [0.1, 0.15) is 91.4 Å². The largest absolute Gasteiger partial charge is 0.481 e. The molecule has 10 atom stereocenters. The first-order chi connectivity index (χ1) is 16.0. The fourth-order valence-corrected chi connectivity index (χ4v) is 9.31. The number of aliphatic carboxylic acids is 1. The number of nitrogens with zero attached hydrogens (tertiary/aromatic N) is 1. The van der Waals surface area contributed by atoms with E-state index in [2.05, 4.69) is 20.8 Å². The number of carbonyl (C=O) groups excluding carboxylic acids is 1. The SMILES string of the molecule is CC(CCC(=O)N(C)CCC(=O)O)C1CCC2C3C(O)CC4CC(O)CCC4(C)C3CCC12C. The van der Waals surface area contributed by atoms with Gasteiger partial charge in [0.25, 0.3) is 0 Å². The molecule has 3 N–H and O–H groups in total. The van der Waals surface area contributed by atoms with E-state index in [1.54, 1.807) is 11.9 Å². The van der Waals surface area contributed by atoms with Crippen molar-refractivity contribution in [3.05, 3.63) is 0 Å². The summed E-state index contributed by atoms with van der Waals surface area (Å²) in [7, 11) is 1.70. The third-order valence-corrected chi connectivity index (χ3v) is 11.3. The number of fused-ring (bicyclic) bond motifs is 5. The average molecular weight is 478 g/mol. The highest BCUT2D eigenvalue weighted by atomic mass is 16.4. The zero-order chi connectivity index (χ0) is 24.8. The maximum atomic E-state index is 12.5. The van der Waals surface area contributed by atoms with E-state index < -0.39 is 5.97 Å². The minimum Gasteiger partial charge on any atom is -0.481 e. The first-order valence-corrected chi connectivity index (χ1v) is 13.8. The highest BCUT2D eigenvalue weighted by Gasteiger charge is 2.62. The van der Waals surface area contributed by atoms with Gasteiger partial charge in [-0.15, -0.1) is 0 Å². The van der Waals surface area contributed by atoms with Crippen molar-refractivity contribution < 1.29 is 24.9 Å². The van der Waals surface area contributed by atoms with Gasteiger partial charge in [0.15, 0.2) is 0 Å². The topological polar surface area (TPSA) is 98.1 Å². The molecule has 194 valence electrons. The van der Waals surface area contributed by atoms with Gasteiger partial charge in [0.2, 0.25) is 5.91 Å². The molecule has 0 aromatic carbocycles. The Kier molecular flexibility index (Phi) is 7.42. The summed E-state index contributed by atoms with van der Waals surface area (Å²) in [5.41, 5.74) is 0.471. The predicted octanol–water partition coefficient (Wildman–Crippen LogP) is 4.33. The van der Waals surface area contributed by atoms with Gasteiger partial charge >= 0.3 is 5.97 Å². The van der Waals surface area contributed by atoms with Crippen molar-refractivity contribution in [1.29, 1.82) is 0 Å². The number of hydrogen-bond acceptors (Lipinski definition) is 4. The standard InChI is InChI=1S/C28H47NO5/c1-17(5-8-24(32)29(4)14-11-25(33)34)20-6-7-21-26-22(10-13-28(20,21)3)27(2)12-9-19(30)15-18(27)16-23(26)31/h17-23,26,30-31H,5-16H2,1-4H3,(H,33,34). The molecule has 4 aliphatic rings. The van der Waals surface area contributed by atoms with Crippen molar-refractivity contribution in [3.63, 3.8) is 0 Å². The lowest BCUT2D eigenvalue weighted by molar-refractivity contribution is -0.174. The van der Waals surface area contributed by atoms with E-state index in [9.17, 15) is 19.8 Å². The van der Waals surface area contributed by atoms with E-state index in [0.717, 1.165) is 32.1 Å². The van der Waals surface area contributed by atoms with Gasteiger partial charge in [0.1, 0.15) is 0 Å². The quantitative estimate of drug-likeness (QED) is 0.507. The number of hydrogen-bond donors (Lipinski definition) is 3. The second-order valence-electron chi connectivity index (χ2n) is 12.9. The zero-order valence-electron chi connectivity index (χ0n) is 21.7. The lowest BCUT2D eigenvalue weighted by Crippen LogP contribution is -2.58. The normalized spacial score (nSPS) is 44.5. The maximum Gasteiger partial charge on any atom is 0.305 e. The molecule has 0 aliphatic heterocycles. The molecule has 4 aliphatic carbocycles. The van der Waals surface area contributed by atoms with E-state index in [4.69, 9.17) is 5.11 Å². The molecule has 0 spiro atoms. The smallest absolute Gasteiger partial charge is 0.305 e. The van der Waals surface area contributed by atoms with Crippen molar-refractivity contribution in [3.8, 4) is 0 Å². The summed E-state index contributed by atoms with van der Waals surface area (Å²) in [5, 5.41) is 30.5. The molecule has 4 fully saturated rings. The third kappa shape index (κ3) is 4.54. The van der Waals surface area contributed by atoms with Crippen LogP contribution in [0.5, 0.6) is 0 Å². The fraction of sp³-hybridized carbons (Fsp3) is 0.929. The fourth-order valence-electron chi connectivity index (χ4n) is 9.31. The minimum atomic E-state index is -0.872. The molecule has 0 saturated heterocycles. The maximum absolute atomic E-state index is 12.5. The predicted molar refractivity (Wildman–Crippen MR) is 131 cm³/mol. The zero-order valence-corrected chi connectivity index (χ0v) is 21.7. The minimum absolute atomic E-state index is 0.0101.